The predicted octanol–water partition coefficient (Wildman–Crippen LogP) is 3.38. The predicted molar refractivity (Wildman–Crippen MR) is 98.0 cm³/mol. The van der Waals surface area contributed by atoms with E-state index in [1.807, 2.05) is 55.5 Å². The molecule has 0 radical (unpaired) electrons. The Morgan fingerprint density at radius 2 is 1.88 bits per heavy atom. The van der Waals surface area contributed by atoms with Crippen molar-refractivity contribution in [2.45, 2.75) is 6.92 Å². The largest absolute Gasteiger partial charge is 0.507 e. The van der Waals surface area contributed by atoms with Gasteiger partial charge in [0.05, 0.1) is 6.21 Å². The fourth-order valence-corrected chi connectivity index (χ4v) is 2.48. The molecule has 3 aromatic carbocycles. The number of nitrogens with zero attached hydrogens (tertiary/aromatic N) is 1. The van der Waals surface area contributed by atoms with E-state index in [1.165, 1.54) is 6.21 Å². The smallest absolute Gasteiger partial charge is 0.277 e. The van der Waals surface area contributed by atoms with Gasteiger partial charge >= 0.3 is 0 Å². The molecule has 0 heterocycles. The summed E-state index contributed by atoms with van der Waals surface area (Å²) in [5.41, 5.74) is 3.92. The Balaban J connectivity index is 1.64. The monoisotopic (exact) mass is 334 g/mol. The number of benzene rings is 3. The van der Waals surface area contributed by atoms with Gasteiger partial charge in [0, 0.05) is 5.56 Å². The average Bonchev–Trinajstić information content (AvgIpc) is 2.63. The van der Waals surface area contributed by atoms with E-state index in [0.717, 1.165) is 16.3 Å². The van der Waals surface area contributed by atoms with Crippen LogP contribution in [-0.2, 0) is 4.79 Å². The van der Waals surface area contributed by atoms with Crippen LogP contribution in [0.3, 0.4) is 0 Å². The van der Waals surface area contributed by atoms with Gasteiger partial charge in [-0.15, -0.1) is 0 Å². The van der Waals surface area contributed by atoms with Crippen molar-refractivity contribution >= 4 is 22.9 Å². The summed E-state index contributed by atoms with van der Waals surface area (Å²) in [6.45, 7) is 1.78. The molecule has 0 fully saturated rings. The Hall–Kier alpha value is -3.34. The quantitative estimate of drug-likeness (QED) is 0.555. The highest BCUT2D eigenvalue weighted by molar-refractivity contribution is 6.02. The molecule has 2 N–H and O–H groups in total. The molecular formula is C20H18N2O3. The second-order valence-corrected chi connectivity index (χ2v) is 5.57. The van der Waals surface area contributed by atoms with Crippen molar-refractivity contribution in [3.05, 3.63) is 71.8 Å². The number of aryl methyl sites for hydroxylation is 1. The van der Waals surface area contributed by atoms with E-state index >= 15 is 0 Å². The zero-order valence-electron chi connectivity index (χ0n) is 13.8. The lowest BCUT2D eigenvalue weighted by atomic mass is 10.0. The van der Waals surface area contributed by atoms with Gasteiger partial charge in [0.2, 0.25) is 0 Å². The van der Waals surface area contributed by atoms with Crippen LogP contribution >= 0.6 is 0 Å². The third-order valence-corrected chi connectivity index (χ3v) is 3.78. The van der Waals surface area contributed by atoms with Crippen LogP contribution in [0, 0.1) is 6.92 Å². The van der Waals surface area contributed by atoms with Crippen molar-refractivity contribution in [1.29, 1.82) is 0 Å². The highest BCUT2D eigenvalue weighted by Gasteiger charge is 2.06. The fraction of sp³-hybridized carbons (Fsp3) is 0.100. The van der Waals surface area contributed by atoms with E-state index in [-0.39, 0.29) is 18.3 Å². The molecule has 3 rings (SSSR count). The minimum absolute atomic E-state index is 0.104. The van der Waals surface area contributed by atoms with E-state index in [1.54, 1.807) is 12.1 Å². The number of phenols is 1. The zero-order chi connectivity index (χ0) is 17.6. The number of carbonyl (C=O) groups is 1. The second kappa shape index (κ2) is 7.49. The van der Waals surface area contributed by atoms with E-state index in [4.69, 9.17) is 4.74 Å². The lowest BCUT2D eigenvalue weighted by Gasteiger charge is -2.07. The minimum Gasteiger partial charge on any atom is -0.507 e. The van der Waals surface area contributed by atoms with Gasteiger partial charge in [-0.2, -0.15) is 5.10 Å². The molecule has 25 heavy (non-hydrogen) atoms. The first-order valence-corrected chi connectivity index (χ1v) is 7.86. The first kappa shape index (κ1) is 16.5. The van der Waals surface area contributed by atoms with E-state index < -0.39 is 0 Å². The van der Waals surface area contributed by atoms with Gasteiger partial charge in [-0.05, 0) is 35.4 Å². The number of carbonyl (C=O) groups excluding carboxylic acids is 1. The number of amides is 1. The van der Waals surface area contributed by atoms with Crippen molar-refractivity contribution in [2.24, 2.45) is 5.10 Å². The Morgan fingerprint density at radius 3 is 2.72 bits per heavy atom. The number of nitrogens with one attached hydrogen (secondary N) is 1. The Labute approximate surface area is 145 Å². The van der Waals surface area contributed by atoms with Crippen LogP contribution in [0.4, 0.5) is 0 Å². The molecule has 126 valence electrons. The lowest BCUT2D eigenvalue weighted by Crippen LogP contribution is -2.24. The number of hydrogen-bond donors (Lipinski definition) is 2. The maximum absolute atomic E-state index is 11.9. The average molecular weight is 334 g/mol. The van der Waals surface area contributed by atoms with Gasteiger partial charge in [-0.1, -0.05) is 48.5 Å². The first-order valence-electron chi connectivity index (χ1n) is 7.86. The van der Waals surface area contributed by atoms with E-state index in [9.17, 15) is 9.90 Å². The summed E-state index contributed by atoms with van der Waals surface area (Å²) in [6.07, 6.45) is 1.43. The van der Waals surface area contributed by atoms with Crippen molar-refractivity contribution in [1.82, 2.24) is 5.43 Å². The molecule has 0 aliphatic carbocycles. The standard InChI is InChI=1S/C20H18N2O3/c1-14-6-2-5-9-19(14)25-13-20(24)22-21-12-17-16-8-4-3-7-15(16)10-11-18(17)23/h2-12,23H,13H2,1H3,(H,22,24)/b21-12+. The van der Waals surface area contributed by atoms with Gasteiger partial charge in [0.1, 0.15) is 11.5 Å². The molecule has 0 saturated carbocycles. The van der Waals surface area contributed by atoms with Crippen molar-refractivity contribution in [2.75, 3.05) is 6.61 Å². The Morgan fingerprint density at radius 1 is 1.12 bits per heavy atom. The number of hydrazone groups is 1. The van der Waals surface area contributed by atoms with E-state index in [0.29, 0.717) is 11.3 Å². The molecule has 1 amide bonds. The van der Waals surface area contributed by atoms with Crippen molar-refractivity contribution in [3.8, 4) is 11.5 Å². The summed E-state index contributed by atoms with van der Waals surface area (Å²) in [7, 11) is 0. The number of fused-ring (bicyclic) bond motifs is 1. The van der Waals surface area contributed by atoms with Gasteiger partial charge in [0.15, 0.2) is 6.61 Å². The van der Waals surface area contributed by atoms with Gasteiger partial charge in [-0.3, -0.25) is 4.79 Å². The number of hydrogen-bond acceptors (Lipinski definition) is 4. The summed E-state index contributed by atoms with van der Waals surface area (Å²) in [4.78, 5) is 11.9. The van der Waals surface area contributed by atoms with Crippen LogP contribution in [0.2, 0.25) is 0 Å². The third-order valence-electron chi connectivity index (χ3n) is 3.78. The molecule has 0 bridgehead atoms. The number of phenolic OH excluding ortho intramolecular Hbond substituents is 1. The maximum atomic E-state index is 11.9. The highest BCUT2D eigenvalue weighted by atomic mass is 16.5. The fourth-order valence-electron chi connectivity index (χ4n) is 2.48. The van der Waals surface area contributed by atoms with Crippen LogP contribution in [-0.4, -0.2) is 23.8 Å². The summed E-state index contributed by atoms with van der Waals surface area (Å²) >= 11 is 0. The Bertz CT molecular complexity index is 935. The summed E-state index contributed by atoms with van der Waals surface area (Å²) < 4.78 is 5.46. The molecule has 0 atom stereocenters. The van der Waals surface area contributed by atoms with Gasteiger partial charge < -0.3 is 9.84 Å². The lowest BCUT2D eigenvalue weighted by molar-refractivity contribution is -0.123. The summed E-state index contributed by atoms with van der Waals surface area (Å²) in [5.74, 6) is 0.389. The van der Waals surface area contributed by atoms with Crippen molar-refractivity contribution in [3.63, 3.8) is 0 Å². The molecule has 3 aromatic rings. The molecule has 0 aliphatic rings. The highest BCUT2D eigenvalue weighted by Crippen LogP contribution is 2.25. The van der Waals surface area contributed by atoms with Crippen molar-refractivity contribution < 1.29 is 14.6 Å². The summed E-state index contributed by atoms with van der Waals surface area (Å²) in [6, 6.07) is 18.5. The van der Waals surface area contributed by atoms with Crippen LogP contribution < -0.4 is 10.2 Å². The third kappa shape index (κ3) is 3.95. The van der Waals surface area contributed by atoms with Gasteiger partial charge in [-0.25, -0.2) is 5.43 Å². The van der Waals surface area contributed by atoms with Gasteiger partial charge in [0.25, 0.3) is 5.91 Å². The molecule has 0 spiro atoms. The minimum atomic E-state index is -0.376. The van der Waals surface area contributed by atoms with E-state index in [2.05, 4.69) is 10.5 Å². The molecule has 0 aromatic heterocycles. The van der Waals surface area contributed by atoms with Crippen LogP contribution in [0.5, 0.6) is 11.5 Å². The normalized spacial score (nSPS) is 10.9. The number of ether oxygens (including phenoxy) is 1. The topological polar surface area (TPSA) is 70.9 Å². The summed E-state index contributed by atoms with van der Waals surface area (Å²) in [5, 5.41) is 15.8. The zero-order valence-corrected chi connectivity index (χ0v) is 13.8. The van der Waals surface area contributed by atoms with Crippen LogP contribution in [0.25, 0.3) is 10.8 Å². The Kier molecular flexibility index (Phi) is 4.95. The SMILES string of the molecule is Cc1ccccc1OCC(=O)N/N=C/c1c(O)ccc2ccccc12. The number of rotatable bonds is 5. The molecule has 0 saturated heterocycles. The first-order chi connectivity index (χ1) is 12.1. The second-order valence-electron chi connectivity index (χ2n) is 5.57. The number of aromatic hydroxyl groups is 1. The molecule has 5 heteroatoms. The number of para-hydroxylation sites is 1. The molecular weight excluding hydrogens is 316 g/mol. The maximum Gasteiger partial charge on any atom is 0.277 e. The molecule has 0 unspecified atom stereocenters. The van der Waals surface area contributed by atoms with Crippen LogP contribution in [0.15, 0.2) is 65.8 Å². The molecule has 5 nitrogen and oxygen atoms in total. The van der Waals surface area contributed by atoms with Crippen LogP contribution in [0.1, 0.15) is 11.1 Å². The molecule has 0 aliphatic heterocycles.